The Labute approximate surface area is 63.1 Å². The molecule has 5 N–H and O–H groups in total. The van der Waals surface area contributed by atoms with Gasteiger partial charge in [0, 0.05) is 0 Å². The summed E-state index contributed by atoms with van der Waals surface area (Å²) in [7, 11) is 0. The molecule has 1 heterocycles. The quantitative estimate of drug-likeness (QED) is 0.332. The second kappa shape index (κ2) is 3.44. The van der Waals surface area contributed by atoms with E-state index in [4.69, 9.17) is 26.0 Å². The topological polar surface area (TPSA) is 105 Å². The van der Waals surface area contributed by atoms with Crippen LogP contribution in [-0.2, 0) is 9.57 Å². The van der Waals surface area contributed by atoms with Crippen LogP contribution in [-0.4, -0.2) is 46.5 Å². The maximum Gasteiger partial charge on any atom is 0.206 e. The number of rotatable bonds is 2. The van der Waals surface area contributed by atoms with E-state index in [0.717, 1.165) is 0 Å². The average molecular weight is 165 g/mol. The van der Waals surface area contributed by atoms with Gasteiger partial charge in [-0.15, -0.1) is 0 Å². The van der Waals surface area contributed by atoms with E-state index >= 15 is 0 Å². The standard InChI is InChI=1S/C5H11NO5/c6-11-5-4(9)3(8)2(1-7)10-5/h2-5,7-9H,1,6H2/t2-,3-,4+,5-/m1/s1. The van der Waals surface area contributed by atoms with E-state index in [-0.39, 0.29) is 6.61 Å². The predicted molar refractivity (Wildman–Crippen MR) is 33.0 cm³/mol. The summed E-state index contributed by atoms with van der Waals surface area (Å²) in [6.07, 6.45) is -4.22. The summed E-state index contributed by atoms with van der Waals surface area (Å²) in [6, 6.07) is 0. The Bertz CT molecular complexity index is 114. The van der Waals surface area contributed by atoms with Crippen LogP contribution in [0.3, 0.4) is 0 Å². The number of aliphatic hydroxyl groups is 3. The zero-order valence-corrected chi connectivity index (χ0v) is 5.75. The molecule has 6 heteroatoms. The van der Waals surface area contributed by atoms with Crippen molar-refractivity contribution in [2.24, 2.45) is 5.90 Å². The Hall–Kier alpha value is -0.240. The van der Waals surface area contributed by atoms with E-state index in [1.54, 1.807) is 0 Å². The molecule has 0 aromatic carbocycles. The van der Waals surface area contributed by atoms with Crippen molar-refractivity contribution < 1.29 is 24.9 Å². The molecule has 1 fully saturated rings. The van der Waals surface area contributed by atoms with Crippen LogP contribution in [0.5, 0.6) is 0 Å². The molecule has 4 atom stereocenters. The Morgan fingerprint density at radius 3 is 2.27 bits per heavy atom. The smallest absolute Gasteiger partial charge is 0.206 e. The lowest BCUT2D eigenvalue weighted by molar-refractivity contribution is -0.171. The van der Waals surface area contributed by atoms with E-state index < -0.39 is 24.6 Å². The van der Waals surface area contributed by atoms with Crippen molar-refractivity contribution in [1.82, 2.24) is 0 Å². The van der Waals surface area contributed by atoms with Crippen molar-refractivity contribution in [1.29, 1.82) is 0 Å². The molecule has 0 unspecified atom stereocenters. The van der Waals surface area contributed by atoms with Gasteiger partial charge in [0.2, 0.25) is 6.29 Å². The minimum atomic E-state index is -1.20. The fraction of sp³-hybridized carbons (Fsp3) is 1.00. The molecule has 0 aromatic heterocycles. The van der Waals surface area contributed by atoms with Gasteiger partial charge in [-0.3, -0.25) is 4.84 Å². The highest BCUT2D eigenvalue weighted by atomic mass is 16.8. The van der Waals surface area contributed by atoms with Crippen molar-refractivity contribution in [2.45, 2.75) is 24.6 Å². The molecular formula is C5H11NO5. The molecule has 0 aromatic rings. The van der Waals surface area contributed by atoms with Crippen LogP contribution in [0.2, 0.25) is 0 Å². The molecule has 0 amide bonds. The van der Waals surface area contributed by atoms with Crippen LogP contribution >= 0.6 is 0 Å². The molecule has 1 aliphatic heterocycles. The van der Waals surface area contributed by atoms with Gasteiger partial charge in [0.05, 0.1) is 6.61 Å². The SMILES string of the molecule is NO[C@H]1O[C@H](CO)[C@@H](O)[C@@H]1O. The Morgan fingerprint density at radius 1 is 1.36 bits per heavy atom. The summed E-state index contributed by atoms with van der Waals surface area (Å²) < 4.78 is 4.79. The third-order valence-electron chi connectivity index (χ3n) is 1.63. The zero-order chi connectivity index (χ0) is 8.43. The number of nitrogens with two attached hydrogens (primary N) is 1. The van der Waals surface area contributed by atoms with Gasteiger partial charge in [-0.25, -0.2) is 5.90 Å². The lowest BCUT2D eigenvalue weighted by atomic mass is 10.1. The van der Waals surface area contributed by atoms with Gasteiger partial charge in [0.1, 0.15) is 18.3 Å². The highest BCUT2D eigenvalue weighted by Gasteiger charge is 2.42. The normalized spacial score (nSPS) is 44.7. The first-order valence-corrected chi connectivity index (χ1v) is 3.18. The first-order valence-electron chi connectivity index (χ1n) is 3.18. The van der Waals surface area contributed by atoms with Crippen molar-refractivity contribution >= 4 is 0 Å². The summed E-state index contributed by atoms with van der Waals surface area (Å²) in [4.78, 5) is 4.18. The second-order valence-corrected chi connectivity index (χ2v) is 2.34. The fourth-order valence-electron chi connectivity index (χ4n) is 0.978. The van der Waals surface area contributed by atoms with Crippen LogP contribution in [0.1, 0.15) is 0 Å². The largest absolute Gasteiger partial charge is 0.394 e. The van der Waals surface area contributed by atoms with E-state index in [9.17, 15) is 0 Å². The third kappa shape index (κ3) is 1.51. The van der Waals surface area contributed by atoms with Crippen molar-refractivity contribution in [3.05, 3.63) is 0 Å². The van der Waals surface area contributed by atoms with E-state index in [0.29, 0.717) is 0 Å². The Morgan fingerprint density at radius 2 is 2.00 bits per heavy atom. The molecule has 0 radical (unpaired) electrons. The third-order valence-corrected chi connectivity index (χ3v) is 1.63. The van der Waals surface area contributed by atoms with Gasteiger partial charge in [-0.2, -0.15) is 0 Å². The van der Waals surface area contributed by atoms with Gasteiger partial charge in [0.15, 0.2) is 0 Å². The monoisotopic (exact) mass is 165 g/mol. The van der Waals surface area contributed by atoms with E-state index in [2.05, 4.69) is 4.84 Å². The number of hydrogen-bond acceptors (Lipinski definition) is 6. The maximum atomic E-state index is 9.09. The van der Waals surface area contributed by atoms with Crippen molar-refractivity contribution in [3.63, 3.8) is 0 Å². The summed E-state index contributed by atoms with van der Waals surface area (Å²) >= 11 is 0. The maximum absolute atomic E-state index is 9.09. The highest BCUT2D eigenvalue weighted by molar-refractivity contribution is 4.85. The zero-order valence-electron chi connectivity index (χ0n) is 5.75. The number of ether oxygens (including phenoxy) is 1. The predicted octanol–water partition coefficient (Wildman–Crippen LogP) is -2.68. The van der Waals surface area contributed by atoms with Gasteiger partial charge in [0.25, 0.3) is 0 Å². The van der Waals surface area contributed by atoms with Gasteiger partial charge in [-0.1, -0.05) is 0 Å². The molecule has 0 spiro atoms. The number of hydrogen-bond donors (Lipinski definition) is 4. The summed E-state index contributed by atoms with van der Waals surface area (Å²) in [5.74, 6) is 4.73. The van der Waals surface area contributed by atoms with Gasteiger partial charge < -0.3 is 20.1 Å². The molecule has 1 saturated heterocycles. The van der Waals surface area contributed by atoms with E-state index in [1.165, 1.54) is 0 Å². The Kier molecular flexibility index (Phi) is 2.77. The molecule has 66 valence electrons. The first kappa shape index (κ1) is 8.85. The lowest BCUT2D eigenvalue weighted by Crippen LogP contribution is -2.35. The fourth-order valence-corrected chi connectivity index (χ4v) is 0.978. The molecule has 1 rings (SSSR count). The molecule has 0 saturated carbocycles. The number of aliphatic hydroxyl groups excluding tert-OH is 3. The molecular weight excluding hydrogens is 154 g/mol. The highest BCUT2D eigenvalue weighted by Crippen LogP contribution is 2.20. The molecule has 0 bridgehead atoms. The van der Waals surface area contributed by atoms with Crippen molar-refractivity contribution in [2.75, 3.05) is 6.61 Å². The lowest BCUT2D eigenvalue weighted by Gasteiger charge is -2.10. The molecule has 6 nitrogen and oxygen atoms in total. The summed E-state index contributed by atoms with van der Waals surface area (Å²) in [5, 5.41) is 26.7. The molecule has 1 aliphatic rings. The second-order valence-electron chi connectivity index (χ2n) is 2.34. The van der Waals surface area contributed by atoms with Crippen LogP contribution in [0, 0.1) is 0 Å². The van der Waals surface area contributed by atoms with Crippen LogP contribution < -0.4 is 5.90 Å². The molecule has 0 aliphatic carbocycles. The van der Waals surface area contributed by atoms with Crippen LogP contribution in [0.15, 0.2) is 0 Å². The average Bonchev–Trinajstić information content (AvgIpc) is 2.30. The molecule has 11 heavy (non-hydrogen) atoms. The minimum Gasteiger partial charge on any atom is -0.394 e. The van der Waals surface area contributed by atoms with Crippen molar-refractivity contribution in [3.8, 4) is 0 Å². The summed E-state index contributed by atoms with van der Waals surface area (Å²) in [5.41, 5.74) is 0. The van der Waals surface area contributed by atoms with Gasteiger partial charge >= 0.3 is 0 Å². The van der Waals surface area contributed by atoms with E-state index in [1.807, 2.05) is 0 Å². The van der Waals surface area contributed by atoms with Crippen LogP contribution in [0.4, 0.5) is 0 Å². The Balaban J connectivity index is 2.53. The summed E-state index contributed by atoms with van der Waals surface area (Å²) in [6.45, 7) is -0.377. The van der Waals surface area contributed by atoms with Gasteiger partial charge in [-0.05, 0) is 0 Å². The first-order chi connectivity index (χ1) is 5.20. The van der Waals surface area contributed by atoms with Crippen LogP contribution in [0.25, 0.3) is 0 Å². The minimum absolute atomic E-state index is 0.377.